The number of hydrogen-bond acceptors (Lipinski definition) is 7. The molecule has 0 radical (unpaired) electrons. The van der Waals surface area contributed by atoms with E-state index >= 15 is 0 Å². The first-order valence-corrected chi connectivity index (χ1v) is 10.8. The lowest BCUT2D eigenvalue weighted by Gasteiger charge is -2.54. The van der Waals surface area contributed by atoms with Crippen molar-refractivity contribution in [2.75, 3.05) is 39.7 Å². The molecule has 0 aromatic heterocycles. The molecule has 5 aliphatic rings. The zero-order chi connectivity index (χ0) is 20.8. The third-order valence-electron chi connectivity index (χ3n) is 8.34. The summed E-state index contributed by atoms with van der Waals surface area (Å²) in [6.07, 6.45) is 3.11. The van der Waals surface area contributed by atoms with Gasteiger partial charge in [-0.1, -0.05) is 6.92 Å². The molecule has 1 spiro atoms. The van der Waals surface area contributed by atoms with Crippen LogP contribution in [0.5, 0.6) is 11.5 Å². The summed E-state index contributed by atoms with van der Waals surface area (Å²) in [6.45, 7) is 4.21. The fourth-order valence-electron chi connectivity index (χ4n) is 7.18. The first-order chi connectivity index (χ1) is 14.5. The third-order valence-corrected chi connectivity index (χ3v) is 8.34. The number of nitrogens with zero attached hydrogens (tertiary/aromatic N) is 1. The van der Waals surface area contributed by atoms with Gasteiger partial charge in [-0.3, -0.25) is 4.90 Å². The Bertz CT molecular complexity index is 990. The number of hydrogen-bond donors (Lipinski definition) is 1. The summed E-state index contributed by atoms with van der Waals surface area (Å²) < 4.78 is 22.7. The molecule has 1 aliphatic carbocycles. The SMILES string of the molecule is CC[C@]12CC(C(=O)OC)=C3Nc4cc(OC)c(OC)cc4[C@@]34CCN(C[C@@H]3O[C@@H]31)[C@@H]24. The minimum atomic E-state index is -0.288. The molecule has 0 saturated carbocycles. The largest absolute Gasteiger partial charge is 0.493 e. The molecule has 0 unspecified atom stereocenters. The lowest BCUT2D eigenvalue weighted by molar-refractivity contribution is -0.137. The van der Waals surface area contributed by atoms with Gasteiger partial charge in [0.2, 0.25) is 0 Å². The number of fused-ring (bicyclic) bond motifs is 3. The number of epoxide rings is 1. The molecule has 3 fully saturated rings. The minimum absolute atomic E-state index is 0.0944. The Morgan fingerprint density at radius 1 is 1.27 bits per heavy atom. The molecule has 4 heterocycles. The summed E-state index contributed by atoms with van der Waals surface area (Å²) >= 11 is 0. The van der Waals surface area contributed by atoms with Crippen molar-refractivity contribution in [2.24, 2.45) is 5.41 Å². The standard InChI is InChI=1S/C23H28N2O5/c1-5-22-10-12(20(26)29-4)18-23(6-7-25(21(22)23)11-17-19(22)30-17)13-8-15(27-2)16(28-3)9-14(13)24-18/h8-9,17,19,21,24H,5-7,10-11H2,1-4H3/t17-,19-,21-,22-,23-/m0/s1. The molecule has 7 heteroatoms. The van der Waals surface area contributed by atoms with E-state index in [9.17, 15) is 4.79 Å². The lowest BCUT2D eigenvalue weighted by atomic mass is 9.53. The highest BCUT2D eigenvalue weighted by atomic mass is 16.6. The zero-order valence-electron chi connectivity index (χ0n) is 17.9. The van der Waals surface area contributed by atoms with Gasteiger partial charge in [0.1, 0.15) is 0 Å². The maximum absolute atomic E-state index is 13.0. The first kappa shape index (κ1) is 18.5. The molecular formula is C23H28N2O5. The summed E-state index contributed by atoms with van der Waals surface area (Å²) in [5.74, 6) is 1.16. The Morgan fingerprint density at radius 2 is 2.03 bits per heavy atom. The fourth-order valence-corrected chi connectivity index (χ4v) is 7.18. The number of methoxy groups -OCH3 is 3. The Morgan fingerprint density at radius 3 is 2.73 bits per heavy atom. The summed E-state index contributed by atoms with van der Waals surface area (Å²) in [4.78, 5) is 15.6. The van der Waals surface area contributed by atoms with Gasteiger partial charge < -0.3 is 24.3 Å². The molecular weight excluding hydrogens is 384 g/mol. The molecule has 1 N–H and O–H groups in total. The van der Waals surface area contributed by atoms with Crippen molar-refractivity contribution in [3.63, 3.8) is 0 Å². The highest BCUT2D eigenvalue weighted by Crippen LogP contribution is 2.68. The van der Waals surface area contributed by atoms with Crippen molar-refractivity contribution < 1.29 is 23.7 Å². The van der Waals surface area contributed by atoms with E-state index in [1.54, 1.807) is 14.2 Å². The first-order valence-electron chi connectivity index (χ1n) is 10.8. The van der Waals surface area contributed by atoms with E-state index in [1.165, 1.54) is 12.7 Å². The summed E-state index contributed by atoms with van der Waals surface area (Å²) in [5.41, 5.74) is 3.59. The molecule has 160 valence electrons. The van der Waals surface area contributed by atoms with Crippen molar-refractivity contribution in [2.45, 2.75) is 49.9 Å². The second-order valence-electron chi connectivity index (χ2n) is 9.20. The molecule has 6 rings (SSSR count). The lowest BCUT2D eigenvalue weighted by Crippen LogP contribution is -2.63. The number of esters is 1. The van der Waals surface area contributed by atoms with Crippen LogP contribution >= 0.6 is 0 Å². The molecule has 30 heavy (non-hydrogen) atoms. The average molecular weight is 412 g/mol. The van der Waals surface area contributed by atoms with Crippen LogP contribution in [0.15, 0.2) is 23.4 Å². The van der Waals surface area contributed by atoms with E-state index in [1.807, 2.05) is 6.07 Å². The van der Waals surface area contributed by atoms with Gasteiger partial charge in [-0.05, 0) is 37.4 Å². The van der Waals surface area contributed by atoms with Crippen LogP contribution in [0.4, 0.5) is 5.69 Å². The number of benzene rings is 1. The molecule has 1 aromatic rings. The minimum Gasteiger partial charge on any atom is -0.493 e. The predicted octanol–water partition coefficient (Wildman–Crippen LogP) is 2.45. The maximum atomic E-state index is 13.0. The second-order valence-corrected chi connectivity index (χ2v) is 9.20. The van der Waals surface area contributed by atoms with E-state index in [-0.39, 0.29) is 35.0 Å². The van der Waals surface area contributed by atoms with E-state index in [2.05, 4.69) is 23.2 Å². The molecule has 3 saturated heterocycles. The Labute approximate surface area is 176 Å². The van der Waals surface area contributed by atoms with Crippen LogP contribution in [0.2, 0.25) is 0 Å². The van der Waals surface area contributed by atoms with Gasteiger partial charge >= 0.3 is 5.97 Å². The molecule has 1 aromatic carbocycles. The summed E-state index contributed by atoms with van der Waals surface area (Å²) in [6, 6.07) is 4.39. The van der Waals surface area contributed by atoms with Gasteiger partial charge in [-0.25, -0.2) is 4.79 Å². The van der Waals surface area contributed by atoms with Crippen LogP contribution < -0.4 is 14.8 Å². The number of anilines is 1. The van der Waals surface area contributed by atoms with Gasteiger partial charge in [0.25, 0.3) is 0 Å². The predicted molar refractivity (Wildman–Crippen MR) is 110 cm³/mol. The average Bonchev–Trinajstić information content (AvgIpc) is 3.37. The fraction of sp³-hybridized carbons (Fsp3) is 0.609. The number of carbonyl (C=O) groups excluding carboxylic acids is 1. The number of ether oxygens (including phenoxy) is 4. The molecule has 5 atom stereocenters. The van der Waals surface area contributed by atoms with Crippen LogP contribution in [0, 0.1) is 5.41 Å². The van der Waals surface area contributed by atoms with Crippen molar-refractivity contribution in [3.8, 4) is 11.5 Å². The topological polar surface area (TPSA) is 72.6 Å². The molecule has 4 aliphatic heterocycles. The van der Waals surface area contributed by atoms with Crippen LogP contribution in [0.25, 0.3) is 0 Å². The van der Waals surface area contributed by atoms with Crippen molar-refractivity contribution in [1.82, 2.24) is 4.90 Å². The highest BCUT2D eigenvalue weighted by molar-refractivity contribution is 5.93. The molecule has 0 amide bonds. The van der Waals surface area contributed by atoms with E-state index < -0.39 is 0 Å². The van der Waals surface area contributed by atoms with Crippen LogP contribution in [-0.2, 0) is 19.7 Å². The van der Waals surface area contributed by atoms with Crippen LogP contribution in [-0.4, -0.2) is 63.5 Å². The normalized spacial score (nSPS) is 37.5. The number of piperidine rings is 1. The van der Waals surface area contributed by atoms with E-state index in [0.717, 1.165) is 48.6 Å². The number of carbonyl (C=O) groups is 1. The molecule has 7 nitrogen and oxygen atoms in total. The maximum Gasteiger partial charge on any atom is 0.335 e. The van der Waals surface area contributed by atoms with Crippen molar-refractivity contribution in [1.29, 1.82) is 0 Å². The Hall–Kier alpha value is -2.25. The van der Waals surface area contributed by atoms with Gasteiger partial charge in [0, 0.05) is 35.5 Å². The van der Waals surface area contributed by atoms with Crippen LogP contribution in [0.3, 0.4) is 0 Å². The van der Waals surface area contributed by atoms with Gasteiger partial charge in [-0.2, -0.15) is 0 Å². The van der Waals surface area contributed by atoms with E-state index in [4.69, 9.17) is 18.9 Å². The zero-order valence-corrected chi connectivity index (χ0v) is 17.9. The summed E-state index contributed by atoms with van der Waals surface area (Å²) in [7, 11) is 4.79. The van der Waals surface area contributed by atoms with Crippen molar-refractivity contribution >= 4 is 11.7 Å². The summed E-state index contributed by atoms with van der Waals surface area (Å²) in [5, 5.41) is 3.62. The number of nitrogens with one attached hydrogen (secondary N) is 1. The second kappa shape index (κ2) is 5.92. The Kier molecular flexibility index (Phi) is 3.65. The van der Waals surface area contributed by atoms with Gasteiger partial charge in [0.05, 0.1) is 44.5 Å². The quantitative estimate of drug-likeness (QED) is 0.602. The molecule has 0 bridgehead atoms. The van der Waals surface area contributed by atoms with E-state index in [0.29, 0.717) is 12.2 Å². The highest BCUT2D eigenvalue weighted by Gasteiger charge is 2.73. The monoisotopic (exact) mass is 412 g/mol. The van der Waals surface area contributed by atoms with Crippen molar-refractivity contribution in [3.05, 3.63) is 29.0 Å². The number of rotatable bonds is 4. The smallest absolute Gasteiger partial charge is 0.335 e. The van der Waals surface area contributed by atoms with Crippen LogP contribution in [0.1, 0.15) is 31.7 Å². The van der Waals surface area contributed by atoms with Gasteiger partial charge in [0.15, 0.2) is 11.5 Å². The van der Waals surface area contributed by atoms with Gasteiger partial charge in [-0.15, -0.1) is 0 Å². The third kappa shape index (κ3) is 1.96. The Balaban J connectivity index is 1.64.